The van der Waals surface area contributed by atoms with Crippen LogP contribution in [0.15, 0.2) is 42.5 Å². The van der Waals surface area contributed by atoms with Crippen LogP contribution in [0, 0.1) is 6.92 Å². The Morgan fingerprint density at radius 2 is 2.00 bits per heavy atom. The third kappa shape index (κ3) is 5.78. The summed E-state index contributed by atoms with van der Waals surface area (Å²) in [7, 11) is 3.93. The summed E-state index contributed by atoms with van der Waals surface area (Å²) in [5.74, 6) is 1.38. The minimum absolute atomic E-state index is 0.250. The molecule has 1 fully saturated rings. The molecule has 1 unspecified atom stereocenters. The van der Waals surface area contributed by atoms with Crippen molar-refractivity contribution in [1.29, 1.82) is 0 Å². The van der Waals surface area contributed by atoms with Gasteiger partial charge in [0.2, 0.25) is 0 Å². The Labute approximate surface area is 189 Å². The van der Waals surface area contributed by atoms with Crippen molar-refractivity contribution in [2.75, 3.05) is 27.5 Å². The predicted molar refractivity (Wildman–Crippen MR) is 131 cm³/mol. The Kier molecular flexibility index (Phi) is 8.34. The van der Waals surface area contributed by atoms with Crippen molar-refractivity contribution in [2.24, 2.45) is 0 Å². The van der Waals surface area contributed by atoms with Gasteiger partial charge in [-0.05, 0) is 79.6 Å². The molecule has 2 aromatic rings. The van der Waals surface area contributed by atoms with Gasteiger partial charge in [0, 0.05) is 18.7 Å². The second-order valence-corrected chi connectivity index (χ2v) is 9.10. The van der Waals surface area contributed by atoms with Crippen molar-refractivity contribution in [3.63, 3.8) is 0 Å². The summed E-state index contributed by atoms with van der Waals surface area (Å²) in [5, 5.41) is 0. The van der Waals surface area contributed by atoms with Crippen molar-refractivity contribution < 1.29 is 9.47 Å². The second kappa shape index (κ2) is 11.0. The molecule has 0 aromatic heterocycles. The molecule has 3 heteroatoms. The highest BCUT2D eigenvalue weighted by Gasteiger charge is 2.22. The topological polar surface area (TPSA) is 21.7 Å². The maximum absolute atomic E-state index is 6.15. The summed E-state index contributed by atoms with van der Waals surface area (Å²) < 4.78 is 11.4. The van der Waals surface area contributed by atoms with Gasteiger partial charge in [-0.3, -0.25) is 4.90 Å². The Morgan fingerprint density at radius 3 is 2.68 bits per heavy atom. The number of rotatable bonds is 8. The van der Waals surface area contributed by atoms with Crippen LogP contribution in [-0.4, -0.2) is 38.4 Å². The van der Waals surface area contributed by atoms with Gasteiger partial charge < -0.3 is 9.47 Å². The Bertz CT molecular complexity index is 900. The largest absolute Gasteiger partial charge is 0.467 e. The highest BCUT2D eigenvalue weighted by atomic mass is 16.7. The molecule has 2 aromatic carbocycles. The van der Waals surface area contributed by atoms with Crippen LogP contribution in [0.25, 0.3) is 5.57 Å². The first-order valence-electron chi connectivity index (χ1n) is 11.7. The van der Waals surface area contributed by atoms with Gasteiger partial charge in [0.25, 0.3) is 0 Å². The first kappa shape index (κ1) is 23.6. The molecule has 1 saturated heterocycles. The molecule has 0 amide bonds. The van der Waals surface area contributed by atoms with E-state index in [9.17, 15) is 0 Å². The molecule has 1 aliphatic rings. The van der Waals surface area contributed by atoms with Gasteiger partial charge in [0.05, 0.1) is 0 Å². The maximum Gasteiger partial charge on any atom is 0.188 e. The van der Waals surface area contributed by atoms with Gasteiger partial charge in [-0.1, -0.05) is 63.6 Å². The van der Waals surface area contributed by atoms with E-state index < -0.39 is 0 Å². The van der Waals surface area contributed by atoms with Crippen molar-refractivity contribution in [2.45, 2.75) is 65.3 Å². The number of hydrogen-bond donors (Lipinski definition) is 0. The lowest BCUT2D eigenvalue weighted by molar-refractivity contribution is 0.0504. The number of likely N-dealkylation sites (tertiary alicyclic amines) is 1. The van der Waals surface area contributed by atoms with Crippen molar-refractivity contribution in [3.05, 3.63) is 70.3 Å². The van der Waals surface area contributed by atoms with Gasteiger partial charge in [0.1, 0.15) is 5.75 Å². The molecule has 1 heterocycles. The molecule has 0 radical (unpaired) electrons. The fourth-order valence-corrected chi connectivity index (χ4v) is 4.45. The zero-order valence-corrected chi connectivity index (χ0v) is 20.2. The van der Waals surface area contributed by atoms with Gasteiger partial charge in [-0.25, -0.2) is 0 Å². The quantitative estimate of drug-likeness (QED) is 0.449. The molecule has 31 heavy (non-hydrogen) atoms. The van der Waals surface area contributed by atoms with E-state index in [1.807, 2.05) is 0 Å². The summed E-state index contributed by atoms with van der Waals surface area (Å²) in [4.78, 5) is 2.49. The average molecular weight is 422 g/mol. The summed E-state index contributed by atoms with van der Waals surface area (Å²) in [6, 6.07) is 14.0. The lowest BCUT2D eigenvalue weighted by Crippen LogP contribution is -2.34. The van der Waals surface area contributed by atoms with E-state index in [2.05, 4.69) is 82.1 Å². The summed E-state index contributed by atoms with van der Waals surface area (Å²) in [6.07, 6.45) is 7.27. The molecule has 0 spiro atoms. The van der Waals surface area contributed by atoms with Crippen LogP contribution in [0.2, 0.25) is 0 Å². The highest BCUT2D eigenvalue weighted by Crippen LogP contribution is 2.38. The van der Waals surface area contributed by atoms with Gasteiger partial charge in [-0.2, -0.15) is 0 Å². The lowest BCUT2D eigenvalue weighted by atomic mass is 9.88. The number of benzene rings is 2. The highest BCUT2D eigenvalue weighted by molar-refractivity contribution is 5.84. The van der Waals surface area contributed by atoms with E-state index in [4.69, 9.17) is 9.47 Å². The van der Waals surface area contributed by atoms with Crippen LogP contribution in [0.3, 0.4) is 0 Å². The molecule has 0 N–H and O–H groups in total. The fourth-order valence-electron chi connectivity index (χ4n) is 4.45. The zero-order valence-electron chi connectivity index (χ0n) is 20.2. The normalized spacial score (nSPS) is 17.9. The SMILES string of the molecule is CCc1cccc(/C(=C\C2CCCCN2C)c2cc(C(C)C)cc(C)c2OCOC)c1. The molecule has 3 nitrogen and oxygen atoms in total. The molecule has 1 atom stereocenters. The second-order valence-electron chi connectivity index (χ2n) is 9.10. The number of methoxy groups -OCH3 is 1. The lowest BCUT2D eigenvalue weighted by Gasteiger charge is -2.31. The van der Waals surface area contributed by atoms with Crippen molar-refractivity contribution in [1.82, 2.24) is 4.90 Å². The number of piperidine rings is 1. The number of aryl methyl sites for hydroxylation is 2. The van der Waals surface area contributed by atoms with Crippen LogP contribution in [0.4, 0.5) is 0 Å². The predicted octanol–water partition coefficient (Wildman–Crippen LogP) is 6.58. The van der Waals surface area contributed by atoms with Crippen LogP contribution < -0.4 is 4.74 Å². The monoisotopic (exact) mass is 421 g/mol. The molecular weight excluding hydrogens is 382 g/mol. The third-order valence-corrected chi connectivity index (χ3v) is 6.41. The number of hydrogen-bond acceptors (Lipinski definition) is 3. The van der Waals surface area contributed by atoms with Crippen LogP contribution >= 0.6 is 0 Å². The molecule has 0 saturated carbocycles. The Balaban J connectivity index is 2.22. The zero-order chi connectivity index (χ0) is 22.4. The Hall–Kier alpha value is -2.10. The average Bonchev–Trinajstić information content (AvgIpc) is 2.77. The van der Waals surface area contributed by atoms with Crippen LogP contribution in [0.5, 0.6) is 5.75 Å². The fraction of sp³-hybridized carbons (Fsp3) is 0.500. The molecule has 0 aliphatic carbocycles. The van der Waals surface area contributed by atoms with Gasteiger partial charge in [0.15, 0.2) is 6.79 Å². The Morgan fingerprint density at radius 1 is 1.19 bits per heavy atom. The first-order chi connectivity index (χ1) is 14.9. The minimum atomic E-state index is 0.250. The molecule has 168 valence electrons. The smallest absolute Gasteiger partial charge is 0.188 e. The number of nitrogens with zero attached hydrogens (tertiary/aromatic N) is 1. The van der Waals surface area contributed by atoms with E-state index in [0.29, 0.717) is 12.0 Å². The van der Waals surface area contributed by atoms with Crippen molar-refractivity contribution >= 4 is 5.57 Å². The molecular formula is C28H39NO2. The first-order valence-corrected chi connectivity index (χ1v) is 11.7. The van der Waals surface area contributed by atoms with E-state index >= 15 is 0 Å². The summed E-state index contributed by atoms with van der Waals surface area (Å²) in [6.45, 7) is 10.3. The maximum atomic E-state index is 6.15. The number of likely N-dealkylation sites (N-methyl/N-ethyl adjacent to an activating group) is 1. The minimum Gasteiger partial charge on any atom is -0.467 e. The summed E-state index contributed by atoms with van der Waals surface area (Å²) in [5.41, 5.74) is 7.57. The van der Waals surface area contributed by atoms with Gasteiger partial charge >= 0.3 is 0 Å². The third-order valence-electron chi connectivity index (χ3n) is 6.41. The van der Waals surface area contributed by atoms with E-state index in [1.54, 1.807) is 7.11 Å². The standard InChI is InChI=1S/C28H39NO2/c1-7-22-11-10-12-23(16-22)26(18-25-13-8-9-14-29(25)5)27-17-24(20(2)3)15-21(4)28(27)31-19-30-6/h10-12,15-18,20,25H,7-9,13-14,19H2,1-6H3/b26-18+. The number of ether oxygens (including phenoxy) is 2. The summed E-state index contributed by atoms with van der Waals surface area (Å²) >= 11 is 0. The van der Waals surface area contributed by atoms with E-state index in [0.717, 1.165) is 24.3 Å². The van der Waals surface area contributed by atoms with E-state index in [-0.39, 0.29) is 6.79 Å². The molecule has 1 aliphatic heterocycles. The van der Waals surface area contributed by atoms with Crippen molar-refractivity contribution in [3.8, 4) is 5.75 Å². The molecule has 3 rings (SSSR count). The van der Waals surface area contributed by atoms with Gasteiger partial charge in [-0.15, -0.1) is 0 Å². The van der Waals surface area contributed by atoms with E-state index in [1.165, 1.54) is 47.1 Å². The molecule has 0 bridgehead atoms. The van der Waals surface area contributed by atoms with Crippen LogP contribution in [-0.2, 0) is 11.2 Å². The van der Waals surface area contributed by atoms with Crippen LogP contribution in [0.1, 0.15) is 73.8 Å².